The summed E-state index contributed by atoms with van der Waals surface area (Å²) >= 11 is 6.22. The summed E-state index contributed by atoms with van der Waals surface area (Å²) in [6.07, 6.45) is 3.89. The number of sulfonamides is 1. The molecule has 1 aliphatic heterocycles. The number of halogens is 4. The van der Waals surface area contributed by atoms with Crippen LogP contribution < -0.4 is 9.04 Å². The smallest absolute Gasteiger partial charge is 0.272 e. The summed E-state index contributed by atoms with van der Waals surface area (Å²) in [6.45, 7) is 6.06. The average molecular weight is 593 g/mol. The lowest BCUT2D eigenvalue weighted by Crippen LogP contribution is -2.43. The molecule has 0 saturated heterocycles. The van der Waals surface area contributed by atoms with Gasteiger partial charge in [-0.2, -0.15) is 0 Å². The quantitative estimate of drug-likeness (QED) is 0.191. The van der Waals surface area contributed by atoms with Crippen LogP contribution in [0, 0.1) is 5.82 Å². The number of aromatic nitrogens is 1. The van der Waals surface area contributed by atoms with Crippen LogP contribution in [-0.4, -0.2) is 33.2 Å². The van der Waals surface area contributed by atoms with Crippen molar-refractivity contribution in [1.29, 1.82) is 0 Å². The number of methoxy groups -OCH3 is 1. The van der Waals surface area contributed by atoms with Crippen LogP contribution in [0.1, 0.15) is 43.4 Å². The van der Waals surface area contributed by atoms with E-state index in [1.165, 1.54) is 19.2 Å². The zero-order valence-electron chi connectivity index (χ0n) is 22.1. The standard InChI is InChI=1S/C29H28ClF3N2O4S/c1-18(28-24(30)6-5-7-25(28)31)12-20-9-11-27-26(13-20)35(17-22(39-27)10-8-19(2)38-4)40(36,37)23-14-21(15-34-16-23)29(3,32)33/h5-7,9,11-16,22H,2,8,10,17H2,1,3-4H3/b18-12+/t22-/m0/s1. The topological polar surface area (TPSA) is 68.7 Å². The first kappa shape index (κ1) is 29.5. The Kier molecular flexibility index (Phi) is 8.51. The van der Waals surface area contributed by atoms with Crippen LogP contribution >= 0.6 is 11.6 Å². The number of rotatable bonds is 9. The van der Waals surface area contributed by atoms with E-state index in [4.69, 9.17) is 21.1 Å². The van der Waals surface area contributed by atoms with Gasteiger partial charge in [-0.1, -0.05) is 36.4 Å². The van der Waals surface area contributed by atoms with Gasteiger partial charge in [0.25, 0.3) is 15.9 Å². The molecule has 0 unspecified atom stereocenters. The molecule has 0 aliphatic carbocycles. The lowest BCUT2D eigenvalue weighted by Gasteiger charge is -2.36. The third kappa shape index (κ3) is 6.28. The second kappa shape index (κ2) is 11.5. The second-order valence-corrected chi connectivity index (χ2v) is 11.8. The van der Waals surface area contributed by atoms with Gasteiger partial charge in [-0.05, 0) is 54.8 Å². The highest BCUT2D eigenvalue weighted by Crippen LogP contribution is 2.40. The van der Waals surface area contributed by atoms with Gasteiger partial charge < -0.3 is 9.47 Å². The van der Waals surface area contributed by atoms with E-state index in [1.807, 2.05) is 0 Å². The minimum atomic E-state index is -4.34. The molecule has 2 aromatic carbocycles. The number of allylic oxidation sites excluding steroid dienone is 2. The molecule has 0 N–H and O–H groups in total. The van der Waals surface area contributed by atoms with E-state index in [0.717, 1.165) is 22.8 Å². The Morgan fingerprint density at radius 2 is 2.02 bits per heavy atom. The molecule has 0 amide bonds. The van der Waals surface area contributed by atoms with Crippen LogP contribution in [0.3, 0.4) is 0 Å². The van der Waals surface area contributed by atoms with Gasteiger partial charge in [-0.3, -0.25) is 9.29 Å². The Labute approximate surface area is 236 Å². The summed E-state index contributed by atoms with van der Waals surface area (Å²) in [5.41, 5.74) is 0.981. The molecule has 1 aromatic heterocycles. The van der Waals surface area contributed by atoms with Crippen LogP contribution in [0.15, 0.2) is 72.1 Å². The number of hydrogen-bond donors (Lipinski definition) is 0. The monoisotopic (exact) mass is 592 g/mol. The number of pyridine rings is 1. The van der Waals surface area contributed by atoms with Gasteiger partial charge in [0, 0.05) is 36.9 Å². The van der Waals surface area contributed by atoms with Crippen LogP contribution in [0.25, 0.3) is 11.6 Å². The molecule has 11 heteroatoms. The third-order valence-electron chi connectivity index (χ3n) is 6.50. The normalized spacial score (nSPS) is 15.8. The molecular formula is C29H28ClF3N2O4S. The van der Waals surface area contributed by atoms with Crippen molar-refractivity contribution in [2.75, 3.05) is 18.0 Å². The molecule has 0 bridgehead atoms. The fraction of sp³-hybridized carbons (Fsp3) is 0.276. The lowest BCUT2D eigenvalue weighted by atomic mass is 10.0. The number of nitrogens with zero attached hydrogens (tertiary/aromatic N) is 2. The van der Waals surface area contributed by atoms with Gasteiger partial charge in [0.2, 0.25) is 0 Å². The lowest BCUT2D eigenvalue weighted by molar-refractivity contribution is 0.0169. The molecule has 0 fully saturated rings. The number of alkyl halides is 2. The minimum Gasteiger partial charge on any atom is -0.502 e. The summed E-state index contributed by atoms with van der Waals surface area (Å²) in [5, 5.41) is 0.236. The number of benzene rings is 2. The zero-order chi connectivity index (χ0) is 29.2. The van der Waals surface area contributed by atoms with E-state index in [9.17, 15) is 21.6 Å². The van der Waals surface area contributed by atoms with E-state index in [2.05, 4.69) is 11.6 Å². The molecule has 0 spiro atoms. The highest BCUT2D eigenvalue weighted by atomic mass is 35.5. The molecule has 212 valence electrons. The molecule has 1 atom stereocenters. The van der Waals surface area contributed by atoms with Crippen LogP contribution in [0.5, 0.6) is 5.75 Å². The van der Waals surface area contributed by atoms with Gasteiger partial charge in [0.1, 0.15) is 22.6 Å². The summed E-state index contributed by atoms with van der Waals surface area (Å²) in [4.78, 5) is 3.38. The van der Waals surface area contributed by atoms with E-state index in [0.29, 0.717) is 36.7 Å². The highest BCUT2D eigenvalue weighted by Gasteiger charge is 2.36. The summed E-state index contributed by atoms with van der Waals surface area (Å²) < 4.78 is 82.6. The maximum Gasteiger partial charge on any atom is 0.272 e. The number of ether oxygens (including phenoxy) is 2. The van der Waals surface area contributed by atoms with Crippen molar-refractivity contribution < 1.29 is 31.1 Å². The third-order valence-corrected chi connectivity index (χ3v) is 8.56. The first-order valence-electron chi connectivity index (χ1n) is 12.3. The van der Waals surface area contributed by atoms with Gasteiger partial charge in [0.05, 0.1) is 30.1 Å². The Morgan fingerprint density at radius 1 is 1.27 bits per heavy atom. The maximum absolute atomic E-state index is 14.5. The van der Waals surface area contributed by atoms with E-state index < -0.39 is 33.4 Å². The average Bonchev–Trinajstić information content (AvgIpc) is 2.90. The fourth-order valence-corrected chi connectivity index (χ4v) is 6.15. The zero-order valence-corrected chi connectivity index (χ0v) is 23.7. The predicted molar refractivity (Wildman–Crippen MR) is 150 cm³/mol. The van der Waals surface area contributed by atoms with E-state index in [-0.39, 0.29) is 33.5 Å². The molecule has 4 rings (SSSR count). The molecule has 1 aliphatic rings. The van der Waals surface area contributed by atoms with Crippen LogP contribution in [-0.2, 0) is 20.7 Å². The highest BCUT2D eigenvalue weighted by molar-refractivity contribution is 7.92. The second-order valence-electron chi connectivity index (χ2n) is 9.51. The Bertz CT molecular complexity index is 1550. The molecule has 6 nitrogen and oxygen atoms in total. The molecule has 2 heterocycles. The predicted octanol–water partition coefficient (Wildman–Crippen LogP) is 7.44. The molecule has 3 aromatic rings. The first-order valence-corrected chi connectivity index (χ1v) is 14.1. The first-order chi connectivity index (χ1) is 18.8. The number of hydrogen-bond acceptors (Lipinski definition) is 5. The van der Waals surface area contributed by atoms with Gasteiger partial charge in [-0.25, -0.2) is 21.6 Å². The summed E-state index contributed by atoms with van der Waals surface area (Å²) in [5.74, 6) is -2.99. The van der Waals surface area contributed by atoms with Crippen molar-refractivity contribution in [3.63, 3.8) is 0 Å². The Morgan fingerprint density at radius 3 is 2.70 bits per heavy atom. The Hall–Kier alpha value is -3.50. The van der Waals surface area contributed by atoms with E-state index >= 15 is 0 Å². The number of anilines is 1. The number of fused-ring (bicyclic) bond motifs is 1. The van der Waals surface area contributed by atoms with Crippen molar-refractivity contribution >= 4 is 39.0 Å². The van der Waals surface area contributed by atoms with Crippen molar-refractivity contribution in [2.45, 2.75) is 43.6 Å². The fourth-order valence-electron chi connectivity index (χ4n) is 4.34. The van der Waals surface area contributed by atoms with Crippen LogP contribution in [0.4, 0.5) is 18.9 Å². The minimum absolute atomic E-state index is 0.0929. The van der Waals surface area contributed by atoms with Crippen LogP contribution in [0.2, 0.25) is 5.02 Å². The SMILES string of the molecule is C=C(CC[C@H]1CN(S(=O)(=O)c2cncc(C(C)(F)F)c2)c2cc(/C=C(\C)c3c(F)cccc3Cl)ccc2O1)OC. The summed E-state index contributed by atoms with van der Waals surface area (Å²) in [7, 11) is -2.85. The van der Waals surface area contributed by atoms with Gasteiger partial charge in [-0.15, -0.1) is 0 Å². The van der Waals surface area contributed by atoms with Crippen molar-refractivity contribution in [1.82, 2.24) is 4.98 Å². The molecule has 0 saturated carbocycles. The van der Waals surface area contributed by atoms with Gasteiger partial charge >= 0.3 is 0 Å². The van der Waals surface area contributed by atoms with Gasteiger partial charge in [0.15, 0.2) is 0 Å². The summed E-state index contributed by atoms with van der Waals surface area (Å²) in [6, 6.07) is 10.2. The molecule has 0 radical (unpaired) electrons. The molecule has 40 heavy (non-hydrogen) atoms. The van der Waals surface area contributed by atoms with Crippen molar-refractivity contribution in [3.8, 4) is 5.75 Å². The van der Waals surface area contributed by atoms with Crippen molar-refractivity contribution in [2.24, 2.45) is 0 Å². The van der Waals surface area contributed by atoms with Crippen molar-refractivity contribution in [3.05, 3.63) is 94.7 Å². The maximum atomic E-state index is 14.5. The Balaban J connectivity index is 1.79. The van der Waals surface area contributed by atoms with E-state index in [1.54, 1.807) is 37.3 Å². The largest absolute Gasteiger partial charge is 0.502 e. The molecular weight excluding hydrogens is 565 g/mol.